The third-order valence-electron chi connectivity index (χ3n) is 1.15. The van der Waals surface area contributed by atoms with Gasteiger partial charge < -0.3 is 0 Å². The topological polar surface area (TPSA) is 12.9 Å². The minimum atomic E-state index is -2.66. The van der Waals surface area contributed by atoms with Gasteiger partial charge in [0.05, 0.1) is 13.6 Å². The maximum Gasteiger partial charge on any atom is 0.281 e. The Kier molecular flexibility index (Phi) is 3.48. The largest absolute Gasteiger partial charge is 0.281 e. The molecule has 1 rings (SSSR count). The first kappa shape index (κ1) is 10.4. The number of aromatic nitrogens is 1. The van der Waals surface area contributed by atoms with Gasteiger partial charge in [-0.1, -0.05) is 23.2 Å². The summed E-state index contributed by atoms with van der Waals surface area (Å²) in [6, 6.07) is 0. The molecule has 1 nitrogen and oxygen atoms in total. The van der Waals surface area contributed by atoms with E-state index in [0.717, 1.165) is 6.20 Å². The van der Waals surface area contributed by atoms with Gasteiger partial charge in [0, 0.05) is 6.20 Å². The van der Waals surface area contributed by atoms with Gasteiger partial charge >= 0.3 is 0 Å². The molecule has 0 saturated carbocycles. The van der Waals surface area contributed by atoms with E-state index in [-0.39, 0.29) is 10.0 Å². The molecule has 0 aliphatic rings. The van der Waals surface area contributed by atoms with Crippen LogP contribution < -0.4 is 0 Å². The Morgan fingerprint density at radius 2 is 2.00 bits per heavy atom. The summed E-state index contributed by atoms with van der Waals surface area (Å²) < 4.78 is 24.7. The van der Waals surface area contributed by atoms with Crippen molar-refractivity contribution in [1.82, 2.24) is 4.98 Å². The molecule has 0 saturated heterocycles. The Balaban J connectivity index is 3.27. The van der Waals surface area contributed by atoms with Crippen molar-refractivity contribution in [2.45, 2.75) is 6.43 Å². The summed E-state index contributed by atoms with van der Waals surface area (Å²) in [6.07, 6.45) is -1.50. The molecule has 0 fully saturated rings. The highest BCUT2D eigenvalue weighted by Crippen LogP contribution is 2.32. The third-order valence-corrected chi connectivity index (χ3v) is 3.58. The van der Waals surface area contributed by atoms with Crippen LogP contribution in [0.5, 0.6) is 0 Å². The zero-order valence-corrected chi connectivity index (χ0v) is 9.16. The van der Waals surface area contributed by atoms with Gasteiger partial charge in [0.2, 0.25) is 0 Å². The number of hydrogen-bond acceptors (Lipinski definition) is 1. The van der Waals surface area contributed by atoms with Crippen LogP contribution in [0.25, 0.3) is 0 Å². The van der Waals surface area contributed by atoms with Gasteiger partial charge in [-0.3, -0.25) is 4.98 Å². The van der Waals surface area contributed by atoms with Crippen LogP contribution in [0.1, 0.15) is 12.1 Å². The number of halogens is 5. The van der Waals surface area contributed by atoms with E-state index in [0.29, 0.717) is 3.57 Å². The average molecular weight is 324 g/mol. The third kappa shape index (κ3) is 1.97. The molecule has 0 aliphatic heterocycles. The lowest BCUT2D eigenvalue weighted by Gasteiger charge is -2.04. The van der Waals surface area contributed by atoms with Gasteiger partial charge in [-0.15, -0.1) is 0 Å². The highest BCUT2D eigenvalue weighted by molar-refractivity contribution is 14.1. The molecule has 0 aromatic carbocycles. The summed E-state index contributed by atoms with van der Waals surface area (Å²) in [4.78, 5) is 3.42. The van der Waals surface area contributed by atoms with Crippen molar-refractivity contribution < 1.29 is 8.78 Å². The van der Waals surface area contributed by atoms with E-state index in [1.807, 2.05) is 0 Å². The molecule has 0 amide bonds. The summed E-state index contributed by atoms with van der Waals surface area (Å²) in [5.74, 6) is 0. The monoisotopic (exact) mass is 323 g/mol. The lowest BCUT2D eigenvalue weighted by atomic mass is 10.3. The number of alkyl halides is 2. The minimum Gasteiger partial charge on any atom is -0.252 e. The van der Waals surface area contributed by atoms with Gasteiger partial charge in [0.25, 0.3) is 6.43 Å². The van der Waals surface area contributed by atoms with Crippen LogP contribution in [0.3, 0.4) is 0 Å². The first-order valence-corrected chi connectivity index (χ1v) is 4.65. The van der Waals surface area contributed by atoms with Gasteiger partial charge in [0.15, 0.2) is 0 Å². The van der Waals surface area contributed by atoms with Crippen LogP contribution in [0.15, 0.2) is 6.20 Å². The second-order valence-electron chi connectivity index (χ2n) is 1.92. The van der Waals surface area contributed by atoms with E-state index in [1.165, 1.54) is 0 Å². The van der Waals surface area contributed by atoms with Gasteiger partial charge in [-0.05, 0) is 22.6 Å². The Labute approximate surface area is 91.2 Å². The van der Waals surface area contributed by atoms with Crippen LogP contribution in [-0.4, -0.2) is 4.98 Å². The predicted molar refractivity (Wildman–Crippen MR) is 51.9 cm³/mol. The van der Waals surface area contributed by atoms with Gasteiger partial charge in [0.1, 0.15) is 5.69 Å². The fraction of sp³-hybridized carbons (Fsp3) is 0.167. The fourth-order valence-electron chi connectivity index (χ4n) is 0.609. The zero-order valence-electron chi connectivity index (χ0n) is 5.49. The zero-order chi connectivity index (χ0) is 9.30. The second-order valence-corrected chi connectivity index (χ2v) is 3.78. The maximum atomic E-state index is 12.1. The summed E-state index contributed by atoms with van der Waals surface area (Å²) in [5.41, 5.74) is -0.425. The Morgan fingerprint density at radius 1 is 1.42 bits per heavy atom. The minimum absolute atomic E-state index is 0.0712. The second kappa shape index (κ2) is 4.02. The molecule has 1 heterocycles. The first-order valence-electron chi connectivity index (χ1n) is 2.81. The molecule has 12 heavy (non-hydrogen) atoms. The molecule has 66 valence electrons. The van der Waals surface area contributed by atoms with Crippen LogP contribution in [0.2, 0.25) is 10.0 Å². The van der Waals surface area contributed by atoms with Crippen molar-refractivity contribution in [1.29, 1.82) is 0 Å². The lowest BCUT2D eigenvalue weighted by molar-refractivity contribution is 0.146. The van der Waals surface area contributed by atoms with Crippen molar-refractivity contribution in [3.63, 3.8) is 0 Å². The Hall–Kier alpha value is 0.320. The van der Waals surface area contributed by atoms with Gasteiger partial charge in [-0.25, -0.2) is 8.78 Å². The van der Waals surface area contributed by atoms with E-state index in [2.05, 4.69) is 4.98 Å². The summed E-state index contributed by atoms with van der Waals surface area (Å²) in [6.45, 7) is 0. The molecular formula is C6H2Cl2F2IN. The number of hydrogen-bond donors (Lipinski definition) is 0. The quantitative estimate of drug-likeness (QED) is 0.714. The highest BCUT2D eigenvalue weighted by Gasteiger charge is 2.17. The molecule has 0 N–H and O–H groups in total. The molecule has 6 heteroatoms. The van der Waals surface area contributed by atoms with Crippen molar-refractivity contribution >= 4 is 45.8 Å². The average Bonchev–Trinajstić information content (AvgIpc) is 2.00. The first-order chi connectivity index (χ1) is 5.54. The molecule has 1 aromatic heterocycles. The molecule has 0 atom stereocenters. The Bertz CT molecular complexity index is 306. The van der Waals surface area contributed by atoms with Gasteiger partial charge in [-0.2, -0.15) is 0 Å². The van der Waals surface area contributed by atoms with Crippen LogP contribution >= 0.6 is 45.8 Å². The molecule has 0 radical (unpaired) electrons. The highest BCUT2D eigenvalue weighted by atomic mass is 127. The van der Waals surface area contributed by atoms with E-state index in [9.17, 15) is 8.78 Å². The molecule has 0 bridgehead atoms. The smallest absolute Gasteiger partial charge is 0.252 e. The number of rotatable bonds is 1. The number of pyridine rings is 1. The van der Waals surface area contributed by atoms with Crippen molar-refractivity contribution in [2.24, 2.45) is 0 Å². The van der Waals surface area contributed by atoms with E-state index < -0.39 is 12.1 Å². The Morgan fingerprint density at radius 3 is 2.50 bits per heavy atom. The van der Waals surface area contributed by atoms with Crippen molar-refractivity contribution in [3.05, 3.63) is 25.5 Å². The molecular weight excluding hydrogens is 322 g/mol. The summed E-state index contributed by atoms with van der Waals surface area (Å²) in [5, 5.41) is 0.211. The van der Waals surface area contributed by atoms with E-state index in [1.54, 1.807) is 22.6 Å². The fourth-order valence-corrected chi connectivity index (χ4v) is 1.45. The van der Waals surface area contributed by atoms with E-state index >= 15 is 0 Å². The molecule has 1 aromatic rings. The normalized spacial score (nSPS) is 10.8. The maximum absolute atomic E-state index is 12.1. The number of nitrogens with zero attached hydrogens (tertiary/aromatic N) is 1. The van der Waals surface area contributed by atoms with Crippen LogP contribution in [0, 0.1) is 3.57 Å². The SMILES string of the molecule is FC(F)c1ncc(Cl)c(I)c1Cl. The molecule has 0 spiro atoms. The van der Waals surface area contributed by atoms with Crippen molar-refractivity contribution in [2.75, 3.05) is 0 Å². The summed E-state index contributed by atoms with van der Waals surface area (Å²) >= 11 is 12.9. The van der Waals surface area contributed by atoms with Crippen LogP contribution in [-0.2, 0) is 0 Å². The predicted octanol–water partition coefficient (Wildman–Crippen LogP) is 3.93. The summed E-state index contributed by atoms with van der Waals surface area (Å²) in [7, 11) is 0. The molecule has 0 aliphatic carbocycles. The molecule has 0 unspecified atom stereocenters. The standard InChI is InChI=1S/C6H2Cl2F2IN/c7-2-1-12-5(6(9)10)3(8)4(2)11/h1,6H. The van der Waals surface area contributed by atoms with E-state index in [4.69, 9.17) is 23.2 Å². The lowest BCUT2D eigenvalue weighted by Crippen LogP contribution is -1.93. The van der Waals surface area contributed by atoms with Crippen molar-refractivity contribution in [3.8, 4) is 0 Å². The van der Waals surface area contributed by atoms with Crippen LogP contribution in [0.4, 0.5) is 8.78 Å².